The first kappa shape index (κ1) is 18.2. The van der Waals surface area contributed by atoms with Crippen LogP contribution in [0.2, 0.25) is 10.0 Å². The molecule has 0 N–H and O–H groups in total. The molecule has 2 rings (SSSR count). The monoisotopic (exact) mass is 376 g/mol. The normalized spacial score (nSPS) is 13.0. The first-order valence-electron chi connectivity index (χ1n) is 6.78. The molecule has 0 aliphatic carbocycles. The molecule has 0 spiro atoms. The van der Waals surface area contributed by atoms with Crippen LogP contribution < -0.4 is 0 Å². The zero-order valence-corrected chi connectivity index (χ0v) is 14.6. The Labute approximate surface area is 145 Å². The predicted octanol–water partition coefficient (Wildman–Crippen LogP) is 4.44. The molecule has 0 fully saturated rings. The van der Waals surface area contributed by atoms with Crippen molar-refractivity contribution in [1.82, 2.24) is 0 Å². The molecule has 0 saturated heterocycles. The summed E-state index contributed by atoms with van der Waals surface area (Å²) in [6, 6.07) is 11.0. The van der Waals surface area contributed by atoms with Gasteiger partial charge in [0.15, 0.2) is 0 Å². The molecule has 2 aromatic rings. The zero-order valence-electron chi connectivity index (χ0n) is 12.3. The summed E-state index contributed by atoms with van der Waals surface area (Å²) in [5, 5.41) is 0.921. The largest absolute Gasteiger partial charge is 0.270 e. The van der Waals surface area contributed by atoms with E-state index in [4.69, 9.17) is 27.4 Å². The second kappa shape index (κ2) is 7.62. The molecule has 1 atom stereocenters. The van der Waals surface area contributed by atoms with E-state index < -0.39 is 10.1 Å². The Balaban J connectivity index is 2.28. The Morgan fingerprint density at radius 3 is 2.35 bits per heavy atom. The van der Waals surface area contributed by atoms with Crippen LogP contribution >= 0.6 is 23.2 Å². The smallest absolute Gasteiger partial charge is 0.264 e. The summed E-state index contributed by atoms with van der Waals surface area (Å²) in [4.78, 5) is 0. The SMILES string of the molecule is CS(=O)(=O)OCC(Cc1ccc(F)cc1)c1ccc(Cl)cc1Cl. The van der Waals surface area contributed by atoms with E-state index in [1.54, 1.807) is 30.3 Å². The summed E-state index contributed by atoms with van der Waals surface area (Å²) in [6.07, 6.45) is 1.45. The maximum Gasteiger partial charge on any atom is 0.264 e. The molecule has 3 nitrogen and oxygen atoms in total. The Bertz CT molecular complexity index is 776. The number of rotatable bonds is 6. The van der Waals surface area contributed by atoms with E-state index in [9.17, 15) is 12.8 Å². The van der Waals surface area contributed by atoms with E-state index in [1.807, 2.05) is 0 Å². The maximum atomic E-state index is 13.0. The molecule has 7 heteroatoms. The molecule has 0 aromatic heterocycles. The topological polar surface area (TPSA) is 43.4 Å². The second-order valence-corrected chi connectivity index (χ2v) is 7.67. The summed E-state index contributed by atoms with van der Waals surface area (Å²) in [6.45, 7) is -0.0580. The first-order valence-corrected chi connectivity index (χ1v) is 9.35. The summed E-state index contributed by atoms with van der Waals surface area (Å²) < 4.78 is 40.5. The van der Waals surface area contributed by atoms with Crippen LogP contribution in [0.25, 0.3) is 0 Å². The van der Waals surface area contributed by atoms with Crippen molar-refractivity contribution in [2.24, 2.45) is 0 Å². The average molecular weight is 377 g/mol. The van der Waals surface area contributed by atoms with Crippen molar-refractivity contribution >= 4 is 33.3 Å². The van der Waals surface area contributed by atoms with Crippen molar-refractivity contribution in [2.75, 3.05) is 12.9 Å². The van der Waals surface area contributed by atoms with Crippen LogP contribution in [0.5, 0.6) is 0 Å². The Hall–Kier alpha value is -1.14. The maximum absolute atomic E-state index is 13.0. The minimum absolute atomic E-state index is 0.0580. The van der Waals surface area contributed by atoms with Gasteiger partial charge in [0.2, 0.25) is 0 Å². The van der Waals surface area contributed by atoms with Crippen LogP contribution in [0.4, 0.5) is 4.39 Å². The van der Waals surface area contributed by atoms with Gasteiger partial charge < -0.3 is 0 Å². The zero-order chi connectivity index (χ0) is 17.0. The van der Waals surface area contributed by atoms with Crippen molar-refractivity contribution in [3.63, 3.8) is 0 Å². The Kier molecular flexibility index (Phi) is 6.03. The van der Waals surface area contributed by atoms with E-state index >= 15 is 0 Å². The van der Waals surface area contributed by atoms with E-state index in [2.05, 4.69) is 0 Å². The van der Waals surface area contributed by atoms with Gasteiger partial charge in [-0.15, -0.1) is 0 Å². The van der Waals surface area contributed by atoms with Gasteiger partial charge in [-0.1, -0.05) is 41.4 Å². The third kappa shape index (κ3) is 5.77. The number of benzene rings is 2. The first-order chi connectivity index (χ1) is 10.7. The van der Waals surface area contributed by atoms with E-state index in [-0.39, 0.29) is 18.3 Å². The molecule has 0 saturated carbocycles. The molecule has 124 valence electrons. The lowest BCUT2D eigenvalue weighted by atomic mass is 9.92. The van der Waals surface area contributed by atoms with Crippen molar-refractivity contribution in [1.29, 1.82) is 0 Å². The van der Waals surface area contributed by atoms with Gasteiger partial charge in [0.25, 0.3) is 10.1 Å². The van der Waals surface area contributed by atoms with Gasteiger partial charge in [-0.25, -0.2) is 4.39 Å². The van der Waals surface area contributed by atoms with Gasteiger partial charge in [0, 0.05) is 16.0 Å². The predicted molar refractivity (Wildman–Crippen MR) is 90.1 cm³/mol. The van der Waals surface area contributed by atoms with Crippen molar-refractivity contribution < 1.29 is 17.0 Å². The van der Waals surface area contributed by atoms with Crippen LogP contribution in [-0.2, 0) is 20.7 Å². The molecule has 0 heterocycles. The highest BCUT2D eigenvalue weighted by Crippen LogP contribution is 2.30. The standard InChI is InChI=1S/C16H15Cl2FO3S/c1-23(20,21)22-10-12(8-11-2-5-14(19)6-3-11)15-7-4-13(17)9-16(15)18/h2-7,9,12H,8,10H2,1H3. The summed E-state index contributed by atoms with van der Waals surface area (Å²) >= 11 is 12.1. The molecule has 0 radical (unpaired) electrons. The van der Waals surface area contributed by atoms with Crippen LogP contribution in [0.3, 0.4) is 0 Å². The van der Waals surface area contributed by atoms with Crippen molar-refractivity contribution in [3.05, 3.63) is 69.5 Å². The van der Waals surface area contributed by atoms with Gasteiger partial charge in [0.05, 0.1) is 12.9 Å². The van der Waals surface area contributed by atoms with Crippen LogP contribution in [-0.4, -0.2) is 21.3 Å². The van der Waals surface area contributed by atoms with Crippen molar-refractivity contribution in [2.45, 2.75) is 12.3 Å². The number of hydrogen-bond donors (Lipinski definition) is 0. The molecular formula is C16H15Cl2FO3S. The average Bonchev–Trinajstić information content (AvgIpc) is 2.45. The van der Waals surface area contributed by atoms with Gasteiger partial charge in [-0.05, 0) is 41.8 Å². The Morgan fingerprint density at radius 1 is 1.13 bits per heavy atom. The molecule has 0 bridgehead atoms. The molecule has 23 heavy (non-hydrogen) atoms. The third-order valence-corrected chi connectivity index (χ3v) is 4.41. The third-order valence-electron chi connectivity index (χ3n) is 3.28. The summed E-state index contributed by atoms with van der Waals surface area (Å²) in [7, 11) is -3.58. The van der Waals surface area contributed by atoms with Gasteiger partial charge >= 0.3 is 0 Å². The molecule has 0 aliphatic heterocycles. The highest BCUT2D eigenvalue weighted by Gasteiger charge is 2.19. The van der Waals surface area contributed by atoms with Crippen LogP contribution in [0, 0.1) is 5.82 Å². The van der Waals surface area contributed by atoms with Crippen molar-refractivity contribution in [3.8, 4) is 0 Å². The second-order valence-electron chi connectivity index (χ2n) is 5.18. The fraction of sp³-hybridized carbons (Fsp3) is 0.250. The fourth-order valence-electron chi connectivity index (χ4n) is 2.20. The lowest BCUT2D eigenvalue weighted by Gasteiger charge is -2.18. The molecule has 2 aromatic carbocycles. The quantitative estimate of drug-likeness (QED) is 0.700. The molecule has 1 unspecified atom stereocenters. The minimum atomic E-state index is -3.58. The van der Waals surface area contributed by atoms with Gasteiger partial charge in [-0.2, -0.15) is 8.42 Å². The summed E-state index contributed by atoms with van der Waals surface area (Å²) in [5.41, 5.74) is 1.57. The van der Waals surface area contributed by atoms with E-state index in [1.165, 1.54) is 12.1 Å². The number of halogens is 3. The summed E-state index contributed by atoms with van der Waals surface area (Å²) in [5.74, 6) is -0.637. The van der Waals surface area contributed by atoms with E-state index in [0.717, 1.165) is 17.4 Å². The lowest BCUT2D eigenvalue weighted by Crippen LogP contribution is -2.15. The van der Waals surface area contributed by atoms with E-state index in [0.29, 0.717) is 16.5 Å². The highest BCUT2D eigenvalue weighted by atomic mass is 35.5. The minimum Gasteiger partial charge on any atom is -0.270 e. The Morgan fingerprint density at radius 2 is 1.78 bits per heavy atom. The molecule has 0 aliphatic rings. The highest BCUT2D eigenvalue weighted by molar-refractivity contribution is 7.85. The molecular weight excluding hydrogens is 362 g/mol. The number of hydrogen-bond acceptors (Lipinski definition) is 3. The van der Waals surface area contributed by atoms with Crippen LogP contribution in [0.1, 0.15) is 17.0 Å². The van der Waals surface area contributed by atoms with Crippen LogP contribution in [0.15, 0.2) is 42.5 Å². The lowest BCUT2D eigenvalue weighted by molar-refractivity contribution is 0.293. The van der Waals surface area contributed by atoms with Gasteiger partial charge in [-0.3, -0.25) is 4.18 Å². The molecule has 0 amide bonds. The fourth-order valence-corrected chi connectivity index (χ4v) is 3.18. The van der Waals surface area contributed by atoms with Gasteiger partial charge in [0.1, 0.15) is 5.82 Å².